The van der Waals surface area contributed by atoms with Crippen molar-refractivity contribution in [2.45, 2.75) is 6.42 Å². The molecule has 0 bridgehead atoms. The minimum absolute atomic E-state index is 0.859. The molecule has 4 aromatic rings. The maximum atomic E-state index is 4.52. The summed E-state index contributed by atoms with van der Waals surface area (Å²) in [4.78, 5) is 11.9. The molecule has 0 aliphatic heterocycles. The van der Waals surface area contributed by atoms with E-state index < -0.39 is 0 Å². The maximum absolute atomic E-state index is 4.52. The highest BCUT2D eigenvalue weighted by Gasteiger charge is 2.04. The Labute approximate surface area is 122 Å². The number of hydrogen-bond acceptors (Lipinski definition) is 2. The van der Waals surface area contributed by atoms with Crippen LogP contribution >= 0.6 is 0 Å². The first-order valence-electron chi connectivity index (χ1n) is 6.99. The van der Waals surface area contributed by atoms with E-state index in [1.165, 1.54) is 16.3 Å². The zero-order valence-corrected chi connectivity index (χ0v) is 11.5. The van der Waals surface area contributed by atoms with Gasteiger partial charge >= 0.3 is 0 Å². The molecule has 0 spiro atoms. The Balaban J connectivity index is 1.57. The lowest BCUT2D eigenvalue weighted by Gasteiger charge is -2.02. The van der Waals surface area contributed by atoms with Crippen molar-refractivity contribution in [2.24, 2.45) is 0 Å². The molecule has 2 heterocycles. The summed E-state index contributed by atoms with van der Waals surface area (Å²) in [7, 11) is 0. The van der Waals surface area contributed by atoms with Gasteiger partial charge in [-0.2, -0.15) is 0 Å². The summed E-state index contributed by atoms with van der Waals surface area (Å²) < 4.78 is 0. The Morgan fingerprint density at radius 1 is 1.00 bits per heavy atom. The van der Waals surface area contributed by atoms with Crippen molar-refractivity contribution in [1.82, 2.24) is 15.0 Å². The van der Waals surface area contributed by atoms with Gasteiger partial charge in [0.15, 0.2) is 0 Å². The van der Waals surface area contributed by atoms with Gasteiger partial charge in [0.1, 0.15) is 11.3 Å². The van der Waals surface area contributed by atoms with Gasteiger partial charge in [-0.15, -0.1) is 0 Å². The number of rotatable bonds is 3. The molecule has 2 aromatic heterocycles. The Hall–Kier alpha value is -2.68. The van der Waals surface area contributed by atoms with E-state index >= 15 is 0 Å². The van der Waals surface area contributed by atoms with E-state index in [0.29, 0.717) is 0 Å². The van der Waals surface area contributed by atoms with E-state index in [0.717, 1.165) is 23.3 Å². The normalized spacial score (nSPS) is 11.2. The van der Waals surface area contributed by atoms with Crippen molar-refractivity contribution in [3.05, 3.63) is 78.7 Å². The van der Waals surface area contributed by atoms with Gasteiger partial charge in [0.25, 0.3) is 0 Å². The maximum Gasteiger partial charge on any atom is 0.111 e. The second-order valence-electron chi connectivity index (χ2n) is 5.10. The zero-order valence-electron chi connectivity index (χ0n) is 11.5. The fourth-order valence-corrected chi connectivity index (χ4v) is 2.55. The van der Waals surface area contributed by atoms with Gasteiger partial charge in [-0.05, 0) is 28.8 Å². The molecule has 101 valence electrons. The van der Waals surface area contributed by atoms with E-state index in [1.54, 1.807) is 12.4 Å². The minimum atomic E-state index is 0.859. The number of H-pyrrole nitrogens is 1. The summed E-state index contributed by atoms with van der Waals surface area (Å²) in [5.74, 6) is 0.895. The molecular weight excluding hydrogens is 258 g/mol. The molecule has 1 radical (unpaired) electrons. The van der Waals surface area contributed by atoms with Crippen LogP contribution < -0.4 is 0 Å². The van der Waals surface area contributed by atoms with Crippen LogP contribution in [0.25, 0.3) is 21.8 Å². The van der Waals surface area contributed by atoms with Crippen molar-refractivity contribution < 1.29 is 0 Å². The average molecular weight is 272 g/mol. The Kier molecular flexibility index (Phi) is 2.89. The third-order valence-corrected chi connectivity index (χ3v) is 3.65. The summed E-state index contributed by atoms with van der Waals surface area (Å²) in [6.45, 7) is 0. The lowest BCUT2D eigenvalue weighted by molar-refractivity contribution is 1.08. The van der Waals surface area contributed by atoms with E-state index in [9.17, 15) is 0 Å². The molecule has 0 atom stereocenters. The Morgan fingerprint density at radius 2 is 1.90 bits per heavy atom. The molecule has 0 fully saturated rings. The van der Waals surface area contributed by atoms with Crippen LogP contribution in [0.4, 0.5) is 0 Å². The topological polar surface area (TPSA) is 41.6 Å². The number of aromatic nitrogens is 3. The van der Waals surface area contributed by atoms with E-state index in [4.69, 9.17) is 0 Å². The van der Waals surface area contributed by atoms with Crippen LogP contribution in [0, 0.1) is 6.42 Å². The monoisotopic (exact) mass is 272 g/mol. The molecule has 3 heteroatoms. The molecule has 1 N–H and O–H groups in total. The molecule has 0 aliphatic rings. The van der Waals surface area contributed by atoms with Gasteiger partial charge in [0, 0.05) is 12.6 Å². The second kappa shape index (κ2) is 5.02. The van der Waals surface area contributed by atoms with Crippen molar-refractivity contribution in [1.29, 1.82) is 0 Å². The minimum Gasteiger partial charge on any atom is -0.342 e. The molecule has 2 aromatic carbocycles. The van der Waals surface area contributed by atoms with Crippen molar-refractivity contribution >= 4 is 21.8 Å². The molecule has 21 heavy (non-hydrogen) atoms. The molecule has 0 saturated carbocycles. The van der Waals surface area contributed by atoms with Crippen molar-refractivity contribution in [2.75, 3.05) is 0 Å². The number of aromatic amines is 1. The van der Waals surface area contributed by atoms with E-state index in [2.05, 4.69) is 63.8 Å². The fourth-order valence-electron chi connectivity index (χ4n) is 2.55. The second-order valence-corrected chi connectivity index (χ2v) is 5.10. The largest absolute Gasteiger partial charge is 0.342 e. The van der Waals surface area contributed by atoms with Gasteiger partial charge in [-0.25, -0.2) is 4.98 Å². The highest BCUT2D eigenvalue weighted by molar-refractivity contribution is 5.83. The molecule has 0 aliphatic carbocycles. The highest BCUT2D eigenvalue weighted by atomic mass is 14.9. The van der Waals surface area contributed by atoms with E-state index in [1.807, 2.05) is 6.07 Å². The van der Waals surface area contributed by atoms with Gasteiger partial charge in [0.2, 0.25) is 0 Å². The number of nitrogens with one attached hydrogen (secondary N) is 1. The summed E-state index contributed by atoms with van der Waals surface area (Å²) in [6, 6.07) is 16.9. The first kappa shape index (κ1) is 12.1. The molecule has 0 saturated heterocycles. The van der Waals surface area contributed by atoms with Gasteiger partial charge in [-0.1, -0.05) is 42.5 Å². The summed E-state index contributed by atoms with van der Waals surface area (Å²) >= 11 is 0. The third kappa shape index (κ3) is 2.38. The number of hydrogen-bond donors (Lipinski definition) is 1. The van der Waals surface area contributed by atoms with Crippen LogP contribution in [0.1, 0.15) is 11.4 Å². The summed E-state index contributed by atoms with van der Waals surface area (Å²) in [6.07, 6.45) is 6.52. The van der Waals surface area contributed by atoms with Gasteiger partial charge in [-0.3, -0.25) is 4.98 Å². The lowest BCUT2D eigenvalue weighted by Crippen LogP contribution is -1.90. The first-order chi connectivity index (χ1) is 10.4. The predicted octanol–water partition coefficient (Wildman–Crippen LogP) is 3.91. The number of pyridine rings is 1. The fraction of sp³-hybridized carbons (Fsp3) is 0.0556. The lowest BCUT2D eigenvalue weighted by atomic mass is 10.0. The van der Waals surface area contributed by atoms with Crippen LogP contribution in [-0.4, -0.2) is 15.0 Å². The highest BCUT2D eigenvalue weighted by Crippen LogP contribution is 2.18. The SMILES string of the molecule is [CH](Cc1ccc2ccccc2c1)c1nc2cnccc2[nH]1. The van der Waals surface area contributed by atoms with Gasteiger partial charge in [0.05, 0.1) is 11.7 Å². The number of benzene rings is 2. The smallest absolute Gasteiger partial charge is 0.111 e. The van der Waals surface area contributed by atoms with E-state index in [-0.39, 0.29) is 0 Å². The van der Waals surface area contributed by atoms with Crippen LogP contribution in [-0.2, 0) is 6.42 Å². The van der Waals surface area contributed by atoms with Crippen LogP contribution in [0.5, 0.6) is 0 Å². The quantitative estimate of drug-likeness (QED) is 0.614. The van der Waals surface area contributed by atoms with Gasteiger partial charge < -0.3 is 4.98 Å². The predicted molar refractivity (Wildman–Crippen MR) is 84.9 cm³/mol. The molecule has 0 unspecified atom stereocenters. The van der Waals surface area contributed by atoms with Crippen LogP contribution in [0.3, 0.4) is 0 Å². The number of imidazole rings is 1. The standard InChI is InChI=1S/C18H14N3/c1-2-4-15-11-13(5-7-14(15)3-1)6-8-18-20-16-9-10-19-12-17(16)21-18/h1-5,7-12H,6H2,(H,20,21). The average Bonchev–Trinajstić information content (AvgIpc) is 2.95. The summed E-state index contributed by atoms with van der Waals surface area (Å²) in [5, 5.41) is 2.55. The van der Waals surface area contributed by atoms with Crippen molar-refractivity contribution in [3.8, 4) is 0 Å². The molecule has 0 amide bonds. The zero-order chi connectivity index (χ0) is 14.1. The third-order valence-electron chi connectivity index (χ3n) is 3.65. The first-order valence-corrected chi connectivity index (χ1v) is 6.99. The molecule has 4 rings (SSSR count). The molecule has 3 nitrogen and oxygen atoms in total. The molecular formula is C18H14N3. The van der Waals surface area contributed by atoms with Crippen molar-refractivity contribution in [3.63, 3.8) is 0 Å². The van der Waals surface area contributed by atoms with Crippen LogP contribution in [0.15, 0.2) is 60.9 Å². The number of fused-ring (bicyclic) bond motifs is 2. The Morgan fingerprint density at radius 3 is 2.81 bits per heavy atom. The number of nitrogens with zero attached hydrogens (tertiary/aromatic N) is 2. The Bertz CT molecular complexity index is 875. The van der Waals surface area contributed by atoms with Crippen LogP contribution in [0.2, 0.25) is 0 Å². The summed E-state index contributed by atoms with van der Waals surface area (Å²) in [5.41, 5.74) is 3.21.